The van der Waals surface area contributed by atoms with Crippen LogP contribution >= 0.6 is 0 Å². The average Bonchev–Trinajstić information content (AvgIpc) is 3.82. The van der Waals surface area contributed by atoms with Crippen LogP contribution in [0.3, 0.4) is 0 Å². The highest BCUT2D eigenvalue weighted by atomic mass is 28.3. The first-order valence-electron chi connectivity index (χ1n) is 21.0. The van der Waals surface area contributed by atoms with Crippen molar-refractivity contribution in [1.29, 1.82) is 0 Å². The Labute approximate surface area is 353 Å². The Morgan fingerprint density at radius 1 is 0.567 bits per heavy atom. The van der Waals surface area contributed by atoms with Crippen LogP contribution in [0.15, 0.2) is 182 Å². The molecule has 0 atom stereocenters. The first-order valence-corrected chi connectivity index (χ1v) is 24.0. The van der Waals surface area contributed by atoms with E-state index in [2.05, 4.69) is 236 Å². The molecule has 60 heavy (non-hydrogen) atoms. The summed E-state index contributed by atoms with van der Waals surface area (Å²) in [5.74, 6) is 0.920. The summed E-state index contributed by atoms with van der Waals surface area (Å²) >= 11 is 0. The van der Waals surface area contributed by atoms with E-state index >= 15 is 0 Å². The Bertz CT molecular complexity index is 3230. The second kappa shape index (κ2) is 13.7. The second-order valence-electron chi connectivity index (χ2n) is 17.8. The van der Waals surface area contributed by atoms with Gasteiger partial charge in [-0.2, -0.15) is 0 Å². The van der Waals surface area contributed by atoms with E-state index in [1.54, 1.807) is 0 Å². The Balaban J connectivity index is 1.36. The van der Waals surface area contributed by atoms with E-state index in [0.29, 0.717) is 0 Å². The SMILES string of the molecule is CC(C)(C)c1cc2nc(c1)-n1c3ccccc3c3ccc(cc31)[Si](C)(C)c1cccc(c1)-n1[c-][n+](c3ccccc31)B2c1c(-c2ccccc2)cccc1-c1ccccc1. The second-order valence-corrected chi connectivity index (χ2v) is 22.2. The van der Waals surface area contributed by atoms with Crippen LogP contribution in [0.25, 0.3) is 66.6 Å². The molecule has 3 aromatic heterocycles. The molecule has 0 N–H and O–H groups in total. The number of imidazole rings is 1. The molecule has 1 aliphatic rings. The molecule has 6 heteroatoms. The lowest BCUT2D eigenvalue weighted by atomic mass is 9.49. The van der Waals surface area contributed by atoms with E-state index in [0.717, 1.165) is 44.8 Å². The number of fused-ring (bicyclic) bond motifs is 15. The summed E-state index contributed by atoms with van der Waals surface area (Å²) in [7, 11) is -2.22. The average molecular weight is 789 g/mol. The van der Waals surface area contributed by atoms with Crippen molar-refractivity contribution in [2.45, 2.75) is 39.3 Å². The van der Waals surface area contributed by atoms with Crippen LogP contribution in [0.1, 0.15) is 26.3 Å². The summed E-state index contributed by atoms with van der Waals surface area (Å²) < 4.78 is 7.09. The predicted molar refractivity (Wildman–Crippen MR) is 254 cm³/mol. The highest BCUT2D eigenvalue weighted by Gasteiger charge is 2.38. The molecule has 0 fully saturated rings. The minimum atomic E-state index is -2.22. The lowest BCUT2D eigenvalue weighted by Gasteiger charge is -2.26. The van der Waals surface area contributed by atoms with Crippen molar-refractivity contribution in [2.75, 3.05) is 0 Å². The number of nitrogens with zero attached hydrogens (tertiary/aromatic N) is 4. The third-order valence-electron chi connectivity index (χ3n) is 12.8. The van der Waals surface area contributed by atoms with Crippen molar-refractivity contribution >= 4 is 69.2 Å². The summed E-state index contributed by atoms with van der Waals surface area (Å²) in [6, 6.07) is 67.2. The maximum absolute atomic E-state index is 5.91. The Morgan fingerprint density at radius 2 is 1.18 bits per heavy atom. The number of pyridine rings is 1. The van der Waals surface area contributed by atoms with Crippen molar-refractivity contribution in [1.82, 2.24) is 14.1 Å². The molecule has 0 saturated heterocycles. The van der Waals surface area contributed by atoms with Crippen LogP contribution in [-0.2, 0) is 5.41 Å². The summed E-state index contributed by atoms with van der Waals surface area (Å²) in [5, 5.41) is 5.23. The molecule has 0 radical (unpaired) electrons. The summed E-state index contributed by atoms with van der Waals surface area (Å²) in [6.45, 7) is 11.5. The molecule has 0 unspecified atom stereocenters. The van der Waals surface area contributed by atoms with Crippen molar-refractivity contribution in [2.24, 2.45) is 0 Å². The largest absolute Gasteiger partial charge is 0.449 e. The van der Waals surface area contributed by atoms with Crippen LogP contribution in [0.4, 0.5) is 0 Å². The van der Waals surface area contributed by atoms with E-state index in [-0.39, 0.29) is 12.3 Å². The van der Waals surface area contributed by atoms with Crippen molar-refractivity contribution in [3.63, 3.8) is 0 Å². The standard InChI is InChI=1S/C54H45BN4Si/c1-54(2,3)39-32-51-55(53-43(37-18-8-6-9-19-37)25-17-26-44(53)38-20-10-7-11-21-38)58-36-57(48-28-14-15-29-49(48)58)40-22-16-23-41(34-40)60(4,5)42-30-31-46-45-24-12-13-27-47(45)59(50(46)35-42)52(33-39)56-51/h6-35H,1-5H3. The monoisotopic (exact) mass is 788 g/mol. The van der Waals surface area contributed by atoms with Gasteiger partial charge in [-0.25, -0.2) is 4.98 Å². The lowest BCUT2D eigenvalue weighted by Crippen LogP contribution is -2.67. The Kier molecular flexibility index (Phi) is 8.27. The molecule has 0 saturated carbocycles. The van der Waals surface area contributed by atoms with Crippen molar-refractivity contribution in [3.8, 4) is 33.8 Å². The van der Waals surface area contributed by atoms with Crippen LogP contribution in [-0.4, -0.2) is 29.0 Å². The Hall–Kier alpha value is -6.76. The van der Waals surface area contributed by atoms with Crippen molar-refractivity contribution < 1.29 is 4.48 Å². The van der Waals surface area contributed by atoms with Gasteiger partial charge in [0.15, 0.2) is 0 Å². The fraction of sp³-hybridized carbons (Fsp3) is 0.111. The number of para-hydroxylation sites is 3. The van der Waals surface area contributed by atoms with E-state index in [1.807, 2.05) is 0 Å². The maximum atomic E-state index is 5.91. The quantitative estimate of drug-likeness (QED) is 0.130. The number of benzene rings is 7. The van der Waals surface area contributed by atoms with Gasteiger partial charge in [0.1, 0.15) is 13.9 Å². The van der Waals surface area contributed by atoms with E-state index in [9.17, 15) is 0 Å². The number of hydrogen-bond acceptors (Lipinski definition) is 1. The van der Waals surface area contributed by atoms with Gasteiger partial charge in [-0.15, -0.1) is 0 Å². The zero-order chi connectivity index (χ0) is 40.8. The molecule has 0 spiro atoms. The molecule has 11 rings (SSSR count). The van der Waals surface area contributed by atoms with Crippen molar-refractivity contribution in [3.05, 3.63) is 194 Å². The molecular formula is C54H45BN4Si. The molecular weight excluding hydrogens is 744 g/mol. The van der Waals surface area contributed by atoms with Crippen LogP contribution in [0, 0.1) is 6.33 Å². The molecule has 4 nitrogen and oxygen atoms in total. The normalized spacial score (nSPS) is 13.5. The molecule has 0 amide bonds. The molecule has 4 heterocycles. The topological polar surface area (TPSA) is 26.6 Å². The number of hydrogen-bond donors (Lipinski definition) is 0. The third-order valence-corrected chi connectivity index (χ3v) is 16.3. The smallest absolute Gasteiger partial charge is 0.370 e. The highest BCUT2D eigenvalue weighted by molar-refractivity contribution is 7.00. The molecule has 7 aromatic carbocycles. The minimum Gasteiger partial charge on any atom is -0.370 e. The van der Waals surface area contributed by atoms with E-state index in [1.165, 1.54) is 48.8 Å². The number of aromatic nitrogens is 4. The summed E-state index contributed by atoms with van der Waals surface area (Å²) in [4.78, 5) is 5.91. The molecule has 10 aromatic rings. The minimum absolute atomic E-state index is 0.179. The third kappa shape index (κ3) is 5.73. The number of rotatable bonds is 3. The van der Waals surface area contributed by atoms with Gasteiger partial charge >= 0.3 is 6.85 Å². The fourth-order valence-corrected chi connectivity index (χ4v) is 11.9. The maximum Gasteiger partial charge on any atom is 0.449 e. The van der Waals surface area contributed by atoms with Crippen LogP contribution in [0.2, 0.25) is 13.1 Å². The summed E-state index contributed by atoms with van der Waals surface area (Å²) in [5.41, 5.74) is 13.5. The van der Waals surface area contributed by atoms with E-state index in [4.69, 9.17) is 4.98 Å². The Morgan fingerprint density at radius 3 is 1.90 bits per heavy atom. The van der Waals surface area contributed by atoms with Gasteiger partial charge in [0.05, 0.1) is 27.8 Å². The van der Waals surface area contributed by atoms with Crippen LogP contribution < -0.4 is 25.9 Å². The zero-order valence-electron chi connectivity index (χ0n) is 34.7. The zero-order valence-corrected chi connectivity index (χ0v) is 35.7. The fourth-order valence-electron chi connectivity index (χ4n) is 9.51. The van der Waals surface area contributed by atoms with Gasteiger partial charge in [-0.3, -0.25) is 4.57 Å². The lowest BCUT2D eigenvalue weighted by molar-refractivity contribution is -0.508. The van der Waals surface area contributed by atoms with Gasteiger partial charge in [0.2, 0.25) is 6.33 Å². The first-order chi connectivity index (χ1) is 29.1. The van der Waals surface area contributed by atoms with Gasteiger partial charge < -0.3 is 9.05 Å². The summed E-state index contributed by atoms with van der Waals surface area (Å²) in [6.07, 6.45) is 4.02. The first kappa shape index (κ1) is 36.3. The van der Waals surface area contributed by atoms with E-state index < -0.39 is 8.07 Å². The van der Waals surface area contributed by atoms with Gasteiger partial charge in [-0.1, -0.05) is 202 Å². The molecule has 1 aliphatic heterocycles. The van der Waals surface area contributed by atoms with Gasteiger partial charge in [-0.05, 0) is 63.0 Å². The highest BCUT2D eigenvalue weighted by Crippen LogP contribution is 2.34. The molecule has 0 aliphatic carbocycles. The molecule has 8 bridgehead atoms. The van der Waals surface area contributed by atoms with Gasteiger partial charge in [0.25, 0.3) is 0 Å². The predicted octanol–water partition coefficient (Wildman–Crippen LogP) is 9.63. The molecule has 288 valence electrons. The van der Waals surface area contributed by atoms with Gasteiger partial charge in [0, 0.05) is 16.3 Å². The van der Waals surface area contributed by atoms with Crippen LogP contribution in [0.5, 0.6) is 0 Å².